The van der Waals surface area contributed by atoms with Gasteiger partial charge in [0.1, 0.15) is 10.3 Å². The molecule has 0 bridgehead atoms. The summed E-state index contributed by atoms with van der Waals surface area (Å²) in [6.45, 7) is 0. The van der Waals surface area contributed by atoms with Gasteiger partial charge in [0.15, 0.2) is 9.84 Å². The van der Waals surface area contributed by atoms with Crippen LogP contribution in [0.3, 0.4) is 0 Å². The first kappa shape index (κ1) is 15.2. The van der Waals surface area contributed by atoms with E-state index in [9.17, 15) is 13.5 Å². The third-order valence-corrected chi connectivity index (χ3v) is 6.63. The molecule has 0 heterocycles. The largest absolute Gasteiger partial charge is 0.386 e. The highest BCUT2D eigenvalue weighted by Crippen LogP contribution is 2.28. The number of halogens is 1. The van der Waals surface area contributed by atoms with E-state index >= 15 is 0 Å². The minimum Gasteiger partial charge on any atom is -0.386 e. The first-order chi connectivity index (χ1) is 9.39. The van der Waals surface area contributed by atoms with Crippen molar-refractivity contribution in [3.05, 3.63) is 60.2 Å². The molecule has 0 fully saturated rings. The standard InChI is InChI=1S/C15H15BrO3S/c1-20(18,19)15(16)14(17)13-9-7-12(8-10-13)11-5-3-2-4-6-11/h2-10,14-15,17H,1H3/t14-,15+/m1/s1. The van der Waals surface area contributed by atoms with E-state index < -0.39 is 20.1 Å². The van der Waals surface area contributed by atoms with Crippen molar-refractivity contribution in [3.8, 4) is 11.1 Å². The lowest BCUT2D eigenvalue weighted by molar-refractivity contribution is 0.195. The minimum absolute atomic E-state index is 0.567. The van der Waals surface area contributed by atoms with E-state index in [0.29, 0.717) is 5.56 Å². The van der Waals surface area contributed by atoms with Gasteiger partial charge >= 0.3 is 0 Å². The monoisotopic (exact) mass is 354 g/mol. The van der Waals surface area contributed by atoms with Crippen molar-refractivity contribution in [2.45, 2.75) is 10.3 Å². The lowest BCUT2D eigenvalue weighted by Crippen LogP contribution is -2.21. The molecular weight excluding hydrogens is 340 g/mol. The molecule has 0 unspecified atom stereocenters. The highest BCUT2D eigenvalue weighted by atomic mass is 79.9. The number of alkyl halides is 1. The van der Waals surface area contributed by atoms with Gasteiger partial charge in [0, 0.05) is 6.26 Å². The Morgan fingerprint density at radius 1 is 0.950 bits per heavy atom. The molecule has 0 aliphatic heterocycles. The molecule has 2 atom stereocenters. The average Bonchev–Trinajstić information content (AvgIpc) is 2.46. The number of hydrogen-bond donors (Lipinski definition) is 1. The first-order valence-electron chi connectivity index (χ1n) is 6.06. The number of benzene rings is 2. The molecule has 0 radical (unpaired) electrons. The summed E-state index contributed by atoms with van der Waals surface area (Å²) in [6.07, 6.45) is 0.00312. The molecule has 5 heteroatoms. The summed E-state index contributed by atoms with van der Waals surface area (Å²) in [5, 5.41) is 10.1. The summed E-state index contributed by atoms with van der Waals surface area (Å²) in [4.78, 5) is 0. The molecule has 20 heavy (non-hydrogen) atoms. The molecule has 0 aliphatic rings. The summed E-state index contributed by atoms with van der Waals surface area (Å²) in [7, 11) is -3.35. The second-order valence-corrected chi connectivity index (χ2v) is 8.37. The number of aliphatic hydroxyl groups is 1. The van der Waals surface area contributed by atoms with Gasteiger partial charge < -0.3 is 5.11 Å². The van der Waals surface area contributed by atoms with Crippen molar-refractivity contribution in [1.29, 1.82) is 0 Å². The van der Waals surface area contributed by atoms with Crippen molar-refractivity contribution in [1.82, 2.24) is 0 Å². The fourth-order valence-corrected chi connectivity index (χ4v) is 2.82. The smallest absolute Gasteiger partial charge is 0.163 e. The predicted octanol–water partition coefficient (Wildman–Crippen LogP) is 3.15. The Bertz CT molecular complexity index is 666. The molecule has 3 nitrogen and oxygen atoms in total. The van der Waals surface area contributed by atoms with Gasteiger partial charge in [-0.3, -0.25) is 0 Å². The molecular formula is C15H15BrO3S. The van der Waals surface area contributed by atoms with Gasteiger partial charge in [0.25, 0.3) is 0 Å². The molecule has 0 aliphatic carbocycles. The quantitative estimate of drug-likeness (QED) is 0.858. The summed E-state index contributed by atoms with van der Waals surface area (Å²) in [5.74, 6) is 0. The van der Waals surface area contributed by atoms with Gasteiger partial charge in [-0.1, -0.05) is 70.5 Å². The fraction of sp³-hybridized carbons (Fsp3) is 0.200. The van der Waals surface area contributed by atoms with E-state index in [2.05, 4.69) is 15.9 Å². The van der Waals surface area contributed by atoms with Crippen molar-refractivity contribution >= 4 is 25.8 Å². The van der Waals surface area contributed by atoms with Crippen LogP contribution in [0, 0.1) is 0 Å². The van der Waals surface area contributed by atoms with Crippen LogP contribution in [0.2, 0.25) is 0 Å². The summed E-state index contributed by atoms with van der Waals surface area (Å²) >= 11 is 3.03. The number of sulfone groups is 1. The van der Waals surface area contributed by atoms with Crippen LogP contribution in [0.15, 0.2) is 54.6 Å². The summed E-state index contributed by atoms with van der Waals surface area (Å²) < 4.78 is 21.9. The Morgan fingerprint density at radius 3 is 1.95 bits per heavy atom. The van der Waals surface area contributed by atoms with Crippen molar-refractivity contribution in [3.63, 3.8) is 0 Å². The highest BCUT2D eigenvalue weighted by molar-refractivity contribution is 9.11. The molecule has 2 rings (SSSR count). The zero-order chi connectivity index (χ0) is 14.8. The molecule has 106 valence electrons. The van der Waals surface area contributed by atoms with E-state index in [1.807, 2.05) is 42.5 Å². The summed E-state index contributed by atoms with van der Waals surface area (Å²) in [6, 6.07) is 17.1. The molecule has 0 saturated carbocycles. The van der Waals surface area contributed by atoms with Crippen LogP contribution < -0.4 is 0 Å². The van der Waals surface area contributed by atoms with Crippen LogP contribution in [0.5, 0.6) is 0 Å². The molecule has 1 N–H and O–H groups in total. The Kier molecular flexibility index (Phi) is 4.62. The number of rotatable bonds is 4. The second kappa shape index (κ2) is 6.08. The Labute approximate surface area is 127 Å². The topological polar surface area (TPSA) is 54.4 Å². The van der Waals surface area contributed by atoms with Gasteiger partial charge in [0.2, 0.25) is 0 Å². The lowest BCUT2D eigenvalue weighted by atomic mass is 10.0. The Morgan fingerprint density at radius 2 is 1.45 bits per heavy atom. The maximum Gasteiger partial charge on any atom is 0.163 e. The predicted molar refractivity (Wildman–Crippen MR) is 84.4 cm³/mol. The van der Waals surface area contributed by atoms with Crippen LogP contribution >= 0.6 is 15.9 Å². The van der Waals surface area contributed by atoms with E-state index in [-0.39, 0.29) is 0 Å². The zero-order valence-corrected chi connectivity index (χ0v) is 13.3. The van der Waals surface area contributed by atoms with E-state index in [4.69, 9.17) is 0 Å². The molecule has 0 amide bonds. The normalized spacial score (nSPS) is 14.8. The third-order valence-electron chi connectivity index (χ3n) is 3.02. The third kappa shape index (κ3) is 3.48. The second-order valence-electron chi connectivity index (χ2n) is 4.61. The zero-order valence-electron chi connectivity index (χ0n) is 10.9. The lowest BCUT2D eigenvalue weighted by Gasteiger charge is -2.16. The van der Waals surface area contributed by atoms with Crippen LogP contribution in [-0.2, 0) is 9.84 Å². The van der Waals surface area contributed by atoms with Crippen molar-refractivity contribution < 1.29 is 13.5 Å². The van der Waals surface area contributed by atoms with Crippen LogP contribution in [0.4, 0.5) is 0 Å². The van der Waals surface area contributed by atoms with E-state index in [0.717, 1.165) is 17.4 Å². The van der Waals surface area contributed by atoms with E-state index in [1.165, 1.54) is 0 Å². The van der Waals surface area contributed by atoms with Crippen LogP contribution in [0.1, 0.15) is 11.7 Å². The fourth-order valence-electron chi connectivity index (χ4n) is 1.89. The molecule has 2 aromatic rings. The minimum atomic E-state index is -3.35. The maximum absolute atomic E-state index is 11.4. The number of aliphatic hydroxyl groups excluding tert-OH is 1. The number of hydrogen-bond acceptors (Lipinski definition) is 3. The van der Waals surface area contributed by atoms with Gasteiger partial charge in [-0.2, -0.15) is 0 Å². The Balaban J connectivity index is 2.25. The molecule has 2 aromatic carbocycles. The van der Waals surface area contributed by atoms with E-state index in [1.54, 1.807) is 12.1 Å². The highest BCUT2D eigenvalue weighted by Gasteiger charge is 2.27. The molecule has 0 saturated heterocycles. The van der Waals surface area contributed by atoms with Gasteiger partial charge in [-0.25, -0.2) is 8.42 Å². The summed E-state index contributed by atoms with van der Waals surface area (Å²) in [5.41, 5.74) is 2.66. The van der Waals surface area contributed by atoms with Crippen LogP contribution in [-0.4, -0.2) is 23.9 Å². The van der Waals surface area contributed by atoms with Crippen molar-refractivity contribution in [2.24, 2.45) is 0 Å². The van der Waals surface area contributed by atoms with Gasteiger partial charge in [-0.15, -0.1) is 0 Å². The average molecular weight is 355 g/mol. The molecule has 0 spiro atoms. The van der Waals surface area contributed by atoms with Gasteiger partial charge in [0.05, 0.1) is 0 Å². The molecule has 0 aromatic heterocycles. The Hall–Kier alpha value is -1.17. The SMILES string of the molecule is CS(=O)(=O)[C@H](Br)[C@H](O)c1ccc(-c2ccccc2)cc1. The van der Waals surface area contributed by atoms with Gasteiger partial charge in [-0.05, 0) is 16.7 Å². The maximum atomic E-state index is 11.4. The van der Waals surface area contributed by atoms with Crippen LogP contribution in [0.25, 0.3) is 11.1 Å². The first-order valence-corrected chi connectivity index (χ1v) is 8.93. The van der Waals surface area contributed by atoms with Crippen molar-refractivity contribution in [2.75, 3.05) is 6.26 Å².